The molecule has 98 valence electrons. The van der Waals surface area contributed by atoms with Crippen LogP contribution in [0, 0.1) is 13.8 Å². The normalized spacial score (nSPS) is 14.3. The van der Waals surface area contributed by atoms with E-state index in [1.165, 1.54) is 27.9 Å². The molecule has 19 heavy (non-hydrogen) atoms. The van der Waals surface area contributed by atoms with Gasteiger partial charge in [0.05, 0.1) is 0 Å². The Kier molecular flexibility index (Phi) is 2.94. The summed E-state index contributed by atoms with van der Waals surface area (Å²) in [4.78, 5) is 2.46. The number of rotatable bonds is 1. The minimum Gasteiger partial charge on any atom is -0.399 e. The molecule has 0 amide bonds. The van der Waals surface area contributed by atoms with Crippen molar-refractivity contribution in [2.75, 3.05) is 17.2 Å². The standard InChI is InChI=1S/C17H20N2/c1-12-3-4-13(2)17(9-12)19-8-7-14-5-6-16(18)10-15(14)11-19/h3-6,9-10H,7-8,11,18H2,1-2H3. The van der Waals surface area contributed by atoms with E-state index >= 15 is 0 Å². The van der Waals surface area contributed by atoms with E-state index in [1.54, 1.807) is 0 Å². The lowest BCUT2D eigenvalue weighted by molar-refractivity contribution is 0.729. The first-order valence-electron chi connectivity index (χ1n) is 6.83. The maximum absolute atomic E-state index is 5.90. The first-order valence-corrected chi connectivity index (χ1v) is 6.83. The third kappa shape index (κ3) is 2.30. The summed E-state index contributed by atoms with van der Waals surface area (Å²) in [5, 5.41) is 0. The van der Waals surface area contributed by atoms with Crippen molar-refractivity contribution in [1.82, 2.24) is 0 Å². The lowest BCUT2D eigenvalue weighted by Crippen LogP contribution is -2.31. The third-order valence-corrected chi connectivity index (χ3v) is 3.95. The molecular formula is C17H20N2. The van der Waals surface area contributed by atoms with Crippen molar-refractivity contribution >= 4 is 11.4 Å². The quantitative estimate of drug-likeness (QED) is 0.788. The Labute approximate surface area is 114 Å². The third-order valence-electron chi connectivity index (χ3n) is 3.95. The number of hydrogen-bond donors (Lipinski definition) is 1. The molecule has 1 aliphatic heterocycles. The summed E-state index contributed by atoms with van der Waals surface area (Å²) in [6.45, 7) is 6.38. The van der Waals surface area contributed by atoms with Gasteiger partial charge in [-0.2, -0.15) is 0 Å². The van der Waals surface area contributed by atoms with Crippen LogP contribution in [0.5, 0.6) is 0 Å². The first-order chi connectivity index (χ1) is 9.13. The van der Waals surface area contributed by atoms with E-state index in [4.69, 9.17) is 5.73 Å². The van der Waals surface area contributed by atoms with Gasteiger partial charge in [-0.15, -0.1) is 0 Å². The van der Waals surface area contributed by atoms with Crippen LogP contribution in [0.25, 0.3) is 0 Å². The average Bonchev–Trinajstić information content (AvgIpc) is 2.40. The fourth-order valence-corrected chi connectivity index (χ4v) is 2.84. The number of nitrogens with zero attached hydrogens (tertiary/aromatic N) is 1. The van der Waals surface area contributed by atoms with Crippen LogP contribution in [0.3, 0.4) is 0 Å². The highest BCUT2D eigenvalue weighted by molar-refractivity contribution is 5.57. The zero-order valence-electron chi connectivity index (χ0n) is 11.6. The van der Waals surface area contributed by atoms with E-state index in [9.17, 15) is 0 Å². The Bertz CT molecular complexity index is 617. The predicted molar refractivity (Wildman–Crippen MR) is 81.5 cm³/mol. The van der Waals surface area contributed by atoms with E-state index in [-0.39, 0.29) is 0 Å². The molecule has 2 heteroatoms. The second-order valence-electron chi connectivity index (χ2n) is 5.49. The predicted octanol–water partition coefficient (Wildman–Crippen LogP) is 3.45. The van der Waals surface area contributed by atoms with Gasteiger partial charge >= 0.3 is 0 Å². The number of aryl methyl sites for hydroxylation is 2. The molecule has 0 aromatic heterocycles. The molecule has 0 saturated carbocycles. The van der Waals surface area contributed by atoms with Gasteiger partial charge in [0.15, 0.2) is 0 Å². The van der Waals surface area contributed by atoms with Crippen LogP contribution in [-0.4, -0.2) is 6.54 Å². The molecule has 0 unspecified atom stereocenters. The molecule has 0 radical (unpaired) electrons. The largest absolute Gasteiger partial charge is 0.399 e. The van der Waals surface area contributed by atoms with Crippen molar-refractivity contribution in [3.63, 3.8) is 0 Å². The number of nitrogen functional groups attached to an aromatic ring is 1. The molecular weight excluding hydrogens is 232 g/mol. The minimum atomic E-state index is 0.863. The second kappa shape index (κ2) is 4.61. The molecule has 1 heterocycles. The Morgan fingerprint density at radius 3 is 2.68 bits per heavy atom. The van der Waals surface area contributed by atoms with Crippen LogP contribution in [0.2, 0.25) is 0 Å². The van der Waals surface area contributed by atoms with Crippen molar-refractivity contribution in [3.05, 3.63) is 58.7 Å². The van der Waals surface area contributed by atoms with Gasteiger partial charge in [-0.25, -0.2) is 0 Å². The zero-order chi connectivity index (χ0) is 13.4. The summed E-state index contributed by atoms with van der Waals surface area (Å²) in [6, 6.07) is 13.0. The van der Waals surface area contributed by atoms with Gasteiger partial charge in [0.2, 0.25) is 0 Å². The van der Waals surface area contributed by atoms with Crippen LogP contribution in [-0.2, 0) is 13.0 Å². The zero-order valence-corrected chi connectivity index (χ0v) is 11.6. The first kappa shape index (κ1) is 12.1. The van der Waals surface area contributed by atoms with Crippen LogP contribution < -0.4 is 10.6 Å². The highest BCUT2D eigenvalue weighted by Gasteiger charge is 2.17. The second-order valence-corrected chi connectivity index (χ2v) is 5.49. The topological polar surface area (TPSA) is 29.3 Å². The Hall–Kier alpha value is -1.96. The van der Waals surface area contributed by atoms with E-state index in [0.29, 0.717) is 0 Å². The number of hydrogen-bond acceptors (Lipinski definition) is 2. The summed E-state index contributed by atoms with van der Waals surface area (Å²) in [5.74, 6) is 0. The number of benzene rings is 2. The molecule has 0 atom stereocenters. The summed E-state index contributed by atoms with van der Waals surface area (Å²) < 4.78 is 0. The van der Waals surface area contributed by atoms with Crippen molar-refractivity contribution in [2.45, 2.75) is 26.8 Å². The van der Waals surface area contributed by atoms with Crippen molar-refractivity contribution in [1.29, 1.82) is 0 Å². The lowest BCUT2D eigenvalue weighted by Gasteiger charge is -2.32. The van der Waals surface area contributed by atoms with Crippen molar-refractivity contribution in [2.24, 2.45) is 0 Å². The van der Waals surface area contributed by atoms with Crippen LogP contribution in [0.15, 0.2) is 36.4 Å². The van der Waals surface area contributed by atoms with Crippen LogP contribution in [0.4, 0.5) is 11.4 Å². The smallest absolute Gasteiger partial charge is 0.0433 e. The van der Waals surface area contributed by atoms with Crippen molar-refractivity contribution < 1.29 is 0 Å². The summed E-state index contributed by atoms with van der Waals surface area (Å²) in [6.07, 6.45) is 1.10. The molecule has 2 aromatic carbocycles. The molecule has 0 saturated heterocycles. The van der Waals surface area contributed by atoms with Gasteiger partial charge in [-0.3, -0.25) is 0 Å². The Balaban J connectivity index is 1.95. The summed E-state index contributed by atoms with van der Waals surface area (Å²) in [5.41, 5.74) is 13.6. The summed E-state index contributed by atoms with van der Waals surface area (Å²) >= 11 is 0. The number of nitrogens with two attached hydrogens (primary N) is 1. The van der Waals surface area contributed by atoms with Gasteiger partial charge in [-0.1, -0.05) is 18.2 Å². The molecule has 3 rings (SSSR count). The molecule has 0 aliphatic carbocycles. The van der Waals surface area contributed by atoms with Crippen molar-refractivity contribution in [3.8, 4) is 0 Å². The minimum absolute atomic E-state index is 0.863. The molecule has 1 aliphatic rings. The van der Waals surface area contributed by atoms with Gasteiger partial charge in [0.25, 0.3) is 0 Å². The van der Waals surface area contributed by atoms with Gasteiger partial charge in [0, 0.05) is 24.5 Å². The molecule has 0 fully saturated rings. The monoisotopic (exact) mass is 252 g/mol. The highest BCUT2D eigenvalue weighted by Crippen LogP contribution is 2.28. The van der Waals surface area contributed by atoms with E-state index < -0.39 is 0 Å². The Morgan fingerprint density at radius 1 is 1.00 bits per heavy atom. The molecule has 0 bridgehead atoms. The van der Waals surface area contributed by atoms with Crippen LogP contribution >= 0.6 is 0 Å². The van der Waals surface area contributed by atoms with E-state index in [2.05, 4.69) is 49.1 Å². The average molecular weight is 252 g/mol. The van der Waals surface area contributed by atoms with Crippen LogP contribution in [0.1, 0.15) is 22.3 Å². The summed E-state index contributed by atoms with van der Waals surface area (Å²) in [7, 11) is 0. The molecule has 2 nitrogen and oxygen atoms in total. The molecule has 2 N–H and O–H groups in total. The van der Waals surface area contributed by atoms with E-state index in [1.807, 2.05) is 6.07 Å². The van der Waals surface area contributed by atoms with Gasteiger partial charge < -0.3 is 10.6 Å². The fourth-order valence-electron chi connectivity index (χ4n) is 2.84. The maximum Gasteiger partial charge on any atom is 0.0433 e. The van der Waals surface area contributed by atoms with E-state index in [0.717, 1.165) is 25.2 Å². The molecule has 2 aromatic rings. The molecule has 0 spiro atoms. The highest BCUT2D eigenvalue weighted by atomic mass is 15.1. The number of anilines is 2. The fraction of sp³-hybridized carbons (Fsp3) is 0.294. The van der Waals surface area contributed by atoms with Gasteiger partial charge in [-0.05, 0) is 60.7 Å². The SMILES string of the molecule is Cc1ccc(C)c(N2CCc3ccc(N)cc3C2)c1. The maximum atomic E-state index is 5.90. The lowest BCUT2D eigenvalue weighted by atomic mass is 9.98. The number of fused-ring (bicyclic) bond motifs is 1. The Morgan fingerprint density at radius 2 is 1.84 bits per heavy atom. The van der Waals surface area contributed by atoms with Gasteiger partial charge in [0.1, 0.15) is 0 Å².